The fourth-order valence-corrected chi connectivity index (χ4v) is 3.11. The minimum atomic E-state index is -0.444. The van der Waals surface area contributed by atoms with E-state index in [1.165, 1.54) is 0 Å². The minimum absolute atomic E-state index is 0.0913. The van der Waals surface area contributed by atoms with E-state index in [1.54, 1.807) is 36.1 Å². The molecule has 1 fully saturated rings. The molecule has 0 aromatic heterocycles. The lowest BCUT2D eigenvalue weighted by atomic mass is 9.94. The number of nitrogens with zero attached hydrogens (tertiary/aromatic N) is 1. The Bertz CT molecular complexity index is 822. The number of morpholine rings is 1. The quantitative estimate of drug-likeness (QED) is 0.747. The highest BCUT2D eigenvalue weighted by Gasteiger charge is 2.23. The molecule has 7 heteroatoms. The van der Waals surface area contributed by atoms with E-state index in [9.17, 15) is 9.59 Å². The molecular weight excluding hydrogens is 370 g/mol. The zero-order valence-electron chi connectivity index (χ0n) is 16.5. The molecule has 154 valence electrons. The second-order valence-electron chi connectivity index (χ2n) is 6.99. The van der Waals surface area contributed by atoms with Crippen LogP contribution in [0.3, 0.4) is 0 Å². The van der Waals surface area contributed by atoms with Crippen LogP contribution in [0.25, 0.3) is 0 Å². The van der Waals surface area contributed by atoms with Crippen molar-refractivity contribution >= 4 is 17.5 Å². The number of rotatable bonds is 7. The highest BCUT2D eigenvalue weighted by atomic mass is 16.5. The zero-order chi connectivity index (χ0) is 20.6. The van der Waals surface area contributed by atoms with Crippen molar-refractivity contribution in [2.75, 3.05) is 38.2 Å². The third-order valence-corrected chi connectivity index (χ3v) is 5.00. The van der Waals surface area contributed by atoms with E-state index >= 15 is 0 Å². The van der Waals surface area contributed by atoms with Crippen LogP contribution in [0.4, 0.5) is 5.69 Å². The second-order valence-corrected chi connectivity index (χ2v) is 6.99. The SMILES string of the molecule is CC(C(=O)Nc1ccccc1OCC(=O)N1CCOCC1)C(N)c1ccccc1. The van der Waals surface area contributed by atoms with Gasteiger partial charge >= 0.3 is 0 Å². The molecule has 1 aliphatic heterocycles. The van der Waals surface area contributed by atoms with Crippen LogP contribution in [0.5, 0.6) is 5.75 Å². The smallest absolute Gasteiger partial charge is 0.260 e. The van der Waals surface area contributed by atoms with E-state index in [1.807, 2.05) is 30.3 Å². The molecule has 2 amide bonds. The number of hydrogen-bond acceptors (Lipinski definition) is 5. The van der Waals surface area contributed by atoms with Crippen LogP contribution in [0.15, 0.2) is 54.6 Å². The molecule has 2 unspecified atom stereocenters. The summed E-state index contributed by atoms with van der Waals surface area (Å²) < 4.78 is 11.0. The van der Waals surface area contributed by atoms with Crippen molar-refractivity contribution in [1.29, 1.82) is 0 Å². The maximum Gasteiger partial charge on any atom is 0.260 e. The number of amides is 2. The maximum atomic E-state index is 12.7. The first-order valence-corrected chi connectivity index (χ1v) is 9.75. The Morgan fingerprint density at radius 2 is 1.76 bits per heavy atom. The third kappa shape index (κ3) is 5.56. The first-order valence-electron chi connectivity index (χ1n) is 9.75. The summed E-state index contributed by atoms with van der Waals surface area (Å²) in [7, 11) is 0. The summed E-state index contributed by atoms with van der Waals surface area (Å²) in [5, 5.41) is 2.88. The molecular formula is C22H27N3O4. The largest absolute Gasteiger partial charge is 0.482 e. The van der Waals surface area contributed by atoms with E-state index in [0.717, 1.165) is 5.56 Å². The fourth-order valence-electron chi connectivity index (χ4n) is 3.11. The van der Waals surface area contributed by atoms with Crippen LogP contribution in [0.1, 0.15) is 18.5 Å². The Morgan fingerprint density at radius 3 is 2.48 bits per heavy atom. The van der Waals surface area contributed by atoms with E-state index in [0.29, 0.717) is 37.7 Å². The van der Waals surface area contributed by atoms with Crippen molar-refractivity contribution in [3.8, 4) is 5.75 Å². The number of para-hydroxylation sites is 2. The molecule has 2 aromatic carbocycles. The molecule has 0 aliphatic carbocycles. The summed E-state index contributed by atoms with van der Waals surface area (Å²) in [6.07, 6.45) is 0. The Kier molecular flexibility index (Phi) is 7.21. The van der Waals surface area contributed by atoms with Crippen molar-refractivity contribution in [2.24, 2.45) is 11.7 Å². The molecule has 7 nitrogen and oxygen atoms in total. The second kappa shape index (κ2) is 10.0. The number of carbonyl (C=O) groups excluding carboxylic acids is 2. The number of nitrogens with two attached hydrogens (primary N) is 1. The Labute approximate surface area is 170 Å². The van der Waals surface area contributed by atoms with Gasteiger partial charge in [0.2, 0.25) is 5.91 Å². The van der Waals surface area contributed by atoms with E-state index < -0.39 is 12.0 Å². The average molecular weight is 397 g/mol. The summed E-state index contributed by atoms with van der Waals surface area (Å²) in [6.45, 7) is 3.91. The lowest BCUT2D eigenvalue weighted by Gasteiger charge is -2.27. The number of anilines is 1. The third-order valence-electron chi connectivity index (χ3n) is 5.00. The maximum absolute atomic E-state index is 12.7. The number of benzene rings is 2. The van der Waals surface area contributed by atoms with Gasteiger partial charge in [0.05, 0.1) is 24.8 Å². The summed E-state index contributed by atoms with van der Waals surface area (Å²) in [6, 6.07) is 16.2. The van der Waals surface area contributed by atoms with E-state index in [2.05, 4.69) is 5.32 Å². The highest BCUT2D eigenvalue weighted by molar-refractivity contribution is 5.94. The van der Waals surface area contributed by atoms with Gasteiger partial charge in [0.1, 0.15) is 5.75 Å². The van der Waals surface area contributed by atoms with Gasteiger partial charge in [-0.15, -0.1) is 0 Å². The normalized spacial score (nSPS) is 16.0. The van der Waals surface area contributed by atoms with Crippen LogP contribution in [0.2, 0.25) is 0 Å². The molecule has 2 atom stereocenters. The predicted molar refractivity (Wildman–Crippen MR) is 111 cm³/mol. The van der Waals surface area contributed by atoms with Crippen molar-refractivity contribution in [2.45, 2.75) is 13.0 Å². The molecule has 0 spiro atoms. The molecule has 0 radical (unpaired) electrons. The fraction of sp³-hybridized carbons (Fsp3) is 0.364. The molecule has 0 saturated carbocycles. The van der Waals surface area contributed by atoms with Crippen molar-refractivity contribution in [3.63, 3.8) is 0 Å². The minimum Gasteiger partial charge on any atom is -0.482 e. The van der Waals surface area contributed by atoms with Crippen LogP contribution < -0.4 is 15.8 Å². The van der Waals surface area contributed by atoms with Gasteiger partial charge in [0.25, 0.3) is 5.91 Å². The number of ether oxygens (including phenoxy) is 2. The first kappa shape index (κ1) is 20.8. The van der Waals surface area contributed by atoms with Crippen molar-refractivity contribution < 1.29 is 19.1 Å². The highest BCUT2D eigenvalue weighted by Crippen LogP contribution is 2.26. The van der Waals surface area contributed by atoms with Gasteiger partial charge in [0.15, 0.2) is 6.61 Å². The summed E-state index contributed by atoms with van der Waals surface area (Å²) >= 11 is 0. The summed E-state index contributed by atoms with van der Waals surface area (Å²) in [4.78, 5) is 26.7. The Hall–Kier alpha value is -2.90. The standard InChI is InChI=1S/C22H27N3O4/c1-16(21(23)17-7-3-2-4-8-17)22(27)24-18-9-5-6-10-19(18)29-15-20(26)25-11-13-28-14-12-25/h2-10,16,21H,11-15,23H2,1H3,(H,24,27). The van der Waals surface area contributed by atoms with Crippen LogP contribution in [0, 0.1) is 5.92 Å². The van der Waals surface area contributed by atoms with Gasteiger partial charge in [-0.1, -0.05) is 49.4 Å². The molecule has 1 saturated heterocycles. The van der Waals surface area contributed by atoms with Crippen LogP contribution in [-0.2, 0) is 14.3 Å². The van der Waals surface area contributed by atoms with Gasteiger partial charge in [-0.25, -0.2) is 0 Å². The van der Waals surface area contributed by atoms with Crippen molar-refractivity contribution in [1.82, 2.24) is 4.90 Å². The Balaban J connectivity index is 1.60. The molecule has 2 aromatic rings. The van der Waals surface area contributed by atoms with Crippen LogP contribution >= 0.6 is 0 Å². The zero-order valence-corrected chi connectivity index (χ0v) is 16.5. The molecule has 1 aliphatic rings. The molecule has 0 bridgehead atoms. The average Bonchev–Trinajstić information content (AvgIpc) is 2.78. The van der Waals surface area contributed by atoms with E-state index in [4.69, 9.17) is 15.2 Å². The number of carbonyl (C=O) groups is 2. The lowest BCUT2D eigenvalue weighted by Crippen LogP contribution is -2.43. The van der Waals surface area contributed by atoms with Gasteiger partial charge in [-0.3, -0.25) is 9.59 Å². The lowest BCUT2D eigenvalue weighted by molar-refractivity contribution is -0.137. The molecule has 3 N–H and O–H groups in total. The monoisotopic (exact) mass is 397 g/mol. The van der Waals surface area contributed by atoms with Gasteiger partial charge < -0.3 is 25.4 Å². The molecule has 1 heterocycles. The van der Waals surface area contributed by atoms with E-state index in [-0.39, 0.29) is 18.4 Å². The molecule has 29 heavy (non-hydrogen) atoms. The molecule has 3 rings (SSSR count). The topological polar surface area (TPSA) is 93.9 Å². The summed E-state index contributed by atoms with van der Waals surface area (Å²) in [5.41, 5.74) is 7.67. The van der Waals surface area contributed by atoms with Gasteiger partial charge in [-0.05, 0) is 17.7 Å². The number of hydrogen-bond donors (Lipinski definition) is 2. The van der Waals surface area contributed by atoms with Gasteiger partial charge in [-0.2, -0.15) is 0 Å². The van der Waals surface area contributed by atoms with Crippen molar-refractivity contribution in [3.05, 3.63) is 60.2 Å². The predicted octanol–water partition coefficient (Wildman–Crippen LogP) is 2.20. The number of nitrogens with one attached hydrogen (secondary N) is 1. The summed E-state index contributed by atoms with van der Waals surface area (Å²) in [5.74, 6) is -0.311. The Morgan fingerprint density at radius 1 is 1.10 bits per heavy atom. The van der Waals surface area contributed by atoms with Crippen LogP contribution in [-0.4, -0.2) is 49.6 Å². The van der Waals surface area contributed by atoms with Gasteiger partial charge in [0, 0.05) is 19.1 Å². The first-order chi connectivity index (χ1) is 14.1.